The highest BCUT2D eigenvalue weighted by atomic mass is 32.2. The minimum absolute atomic E-state index is 0.0252. The largest absolute Gasteiger partial charge is 0.394 e. The van der Waals surface area contributed by atoms with Gasteiger partial charge in [-0.1, -0.05) is 29.5 Å². The zero-order valence-electron chi connectivity index (χ0n) is 21.5. The van der Waals surface area contributed by atoms with Crippen LogP contribution in [0, 0.1) is 24.4 Å². The fourth-order valence-electron chi connectivity index (χ4n) is 5.24. The van der Waals surface area contributed by atoms with Crippen molar-refractivity contribution in [1.82, 2.24) is 15.0 Å². The van der Waals surface area contributed by atoms with Gasteiger partial charge in [-0.25, -0.2) is 17.9 Å². The standard InChI is InChI=1S/C27H30F3N3O6S/c1-14-4-2-3-5-16(14)25(27(37)6-8-38-9-7-27)40-26-24(36)22(23(35)20(13-34)39-26)33-12-19(31-32-33)15-10-17(28)21(30)18(29)11-15/h2-5,10-12,20,22-26,34-37H,6-9,13H2,1H3/t20-,22+,23+,24-,25?,26+/m1/s1. The highest BCUT2D eigenvalue weighted by Crippen LogP contribution is 2.49. The number of ether oxygens (including phenoxy) is 2. The van der Waals surface area contributed by atoms with Crippen molar-refractivity contribution in [2.24, 2.45) is 0 Å². The Morgan fingerprint density at radius 2 is 1.77 bits per heavy atom. The molecule has 2 aliphatic heterocycles. The highest BCUT2D eigenvalue weighted by Gasteiger charge is 2.50. The molecule has 0 amide bonds. The van der Waals surface area contributed by atoms with Crippen LogP contribution in [0.5, 0.6) is 0 Å². The molecule has 13 heteroatoms. The fourth-order valence-corrected chi connectivity index (χ4v) is 6.94. The minimum Gasteiger partial charge on any atom is -0.394 e. The summed E-state index contributed by atoms with van der Waals surface area (Å²) >= 11 is 1.17. The molecule has 2 aromatic carbocycles. The van der Waals surface area contributed by atoms with Crippen LogP contribution in [0.15, 0.2) is 42.6 Å². The van der Waals surface area contributed by atoms with Gasteiger partial charge >= 0.3 is 0 Å². The van der Waals surface area contributed by atoms with Gasteiger partial charge in [-0.3, -0.25) is 0 Å². The molecule has 2 aliphatic rings. The van der Waals surface area contributed by atoms with E-state index in [1.807, 2.05) is 31.2 Å². The lowest BCUT2D eigenvalue weighted by molar-refractivity contribution is -0.179. The third-order valence-electron chi connectivity index (χ3n) is 7.53. The number of aryl methyl sites for hydroxylation is 1. The number of hydrogen-bond donors (Lipinski definition) is 4. The van der Waals surface area contributed by atoms with Crippen LogP contribution in [0.1, 0.15) is 35.3 Å². The van der Waals surface area contributed by atoms with Gasteiger partial charge in [0.25, 0.3) is 0 Å². The van der Waals surface area contributed by atoms with Crippen LogP contribution in [0.3, 0.4) is 0 Å². The Kier molecular flexibility index (Phi) is 8.53. The number of halogens is 3. The van der Waals surface area contributed by atoms with Crippen LogP contribution in [-0.4, -0.2) is 84.6 Å². The number of aliphatic hydroxyl groups is 4. The van der Waals surface area contributed by atoms with Crippen LogP contribution in [0.2, 0.25) is 0 Å². The second-order valence-electron chi connectivity index (χ2n) is 10.1. The van der Waals surface area contributed by atoms with E-state index >= 15 is 0 Å². The van der Waals surface area contributed by atoms with Gasteiger partial charge in [-0.2, -0.15) is 0 Å². The molecular formula is C27H30F3N3O6S. The number of aliphatic hydroxyl groups excluding tert-OH is 3. The van der Waals surface area contributed by atoms with Gasteiger partial charge in [0.05, 0.1) is 23.7 Å². The summed E-state index contributed by atoms with van der Waals surface area (Å²) in [6.07, 6.45) is -2.00. The molecule has 0 aliphatic carbocycles. The zero-order valence-corrected chi connectivity index (χ0v) is 22.3. The molecule has 4 N–H and O–H groups in total. The quantitative estimate of drug-likeness (QED) is 0.311. The maximum absolute atomic E-state index is 13.8. The Bertz CT molecular complexity index is 1320. The van der Waals surface area contributed by atoms with Crippen molar-refractivity contribution >= 4 is 11.8 Å². The first kappa shape index (κ1) is 29.0. The summed E-state index contributed by atoms with van der Waals surface area (Å²) < 4.78 is 53.6. The van der Waals surface area contributed by atoms with E-state index in [0.717, 1.165) is 27.9 Å². The fraction of sp³-hybridized carbons (Fsp3) is 0.481. The molecule has 9 nitrogen and oxygen atoms in total. The van der Waals surface area contributed by atoms with Crippen LogP contribution >= 0.6 is 11.8 Å². The third-order valence-corrected chi connectivity index (χ3v) is 9.15. The van der Waals surface area contributed by atoms with E-state index in [4.69, 9.17) is 9.47 Å². The third kappa shape index (κ3) is 5.51. The summed E-state index contributed by atoms with van der Waals surface area (Å²) in [5.74, 6) is -4.42. The molecule has 1 unspecified atom stereocenters. The van der Waals surface area contributed by atoms with Crippen molar-refractivity contribution in [3.63, 3.8) is 0 Å². The second-order valence-corrected chi connectivity index (χ2v) is 11.3. The minimum atomic E-state index is -1.62. The molecule has 0 radical (unpaired) electrons. The Morgan fingerprint density at radius 3 is 2.42 bits per heavy atom. The summed E-state index contributed by atoms with van der Waals surface area (Å²) in [6.45, 7) is 2.07. The summed E-state index contributed by atoms with van der Waals surface area (Å²) in [7, 11) is 0. The lowest BCUT2D eigenvalue weighted by atomic mass is 9.85. The van der Waals surface area contributed by atoms with Crippen molar-refractivity contribution in [1.29, 1.82) is 0 Å². The van der Waals surface area contributed by atoms with Crippen molar-refractivity contribution < 1.29 is 43.1 Å². The first-order valence-electron chi connectivity index (χ1n) is 12.8. The number of hydrogen-bond acceptors (Lipinski definition) is 9. The zero-order chi connectivity index (χ0) is 28.6. The van der Waals surface area contributed by atoms with Crippen LogP contribution < -0.4 is 0 Å². The van der Waals surface area contributed by atoms with Crippen LogP contribution in [0.4, 0.5) is 13.2 Å². The van der Waals surface area contributed by atoms with E-state index in [1.54, 1.807) is 0 Å². The van der Waals surface area contributed by atoms with Gasteiger partial charge in [0.2, 0.25) is 0 Å². The first-order chi connectivity index (χ1) is 19.1. The molecule has 0 bridgehead atoms. The average Bonchev–Trinajstić information content (AvgIpc) is 3.42. The van der Waals surface area contributed by atoms with Gasteiger partial charge in [0, 0.05) is 31.6 Å². The summed E-state index contributed by atoms with van der Waals surface area (Å²) in [5.41, 5.74) is -0.558. The number of aromatic nitrogens is 3. The maximum Gasteiger partial charge on any atom is 0.194 e. The van der Waals surface area contributed by atoms with Gasteiger partial charge in [-0.05, 0) is 30.2 Å². The Hall–Kier alpha value is -2.52. The van der Waals surface area contributed by atoms with E-state index in [9.17, 15) is 33.6 Å². The Labute approximate surface area is 232 Å². The number of nitrogens with zero attached hydrogens (tertiary/aromatic N) is 3. The Morgan fingerprint density at radius 1 is 1.10 bits per heavy atom. The van der Waals surface area contributed by atoms with Crippen molar-refractivity contribution in [3.8, 4) is 11.3 Å². The van der Waals surface area contributed by atoms with E-state index in [1.165, 1.54) is 18.0 Å². The predicted molar refractivity (Wildman–Crippen MR) is 139 cm³/mol. The summed E-state index contributed by atoms with van der Waals surface area (Å²) in [5, 5.41) is 51.5. The van der Waals surface area contributed by atoms with Gasteiger partial charge < -0.3 is 29.9 Å². The predicted octanol–water partition coefficient (Wildman–Crippen LogP) is 2.67. The summed E-state index contributed by atoms with van der Waals surface area (Å²) in [6, 6.07) is 7.91. The normalized spacial score (nSPS) is 27.4. The lowest BCUT2D eigenvalue weighted by Crippen LogP contribution is -2.55. The van der Waals surface area contributed by atoms with E-state index in [-0.39, 0.29) is 11.3 Å². The molecule has 0 spiro atoms. The van der Waals surface area contributed by atoms with Gasteiger partial charge in [-0.15, -0.1) is 16.9 Å². The van der Waals surface area contributed by atoms with Gasteiger partial charge in [0.1, 0.15) is 35.5 Å². The number of rotatable bonds is 7. The molecule has 6 atom stereocenters. The van der Waals surface area contributed by atoms with E-state index < -0.39 is 64.7 Å². The van der Waals surface area contributed by atoms with Crippen LogP contribution in [0.25, 0.3) is 11.3 Å². The van der Waals surface area contributed by atoms with E-state index in [0.29, 0.717) is 26.1 Å². The molecule has 40 heavy (non-hydrogen) atoms. The first-order valence-corrected chi connectivity index (χ1v) is 13.8. The van der Waals surface area contributed by atoms with Crippen molar-refractivity contribution in [2.45, 2.75) is 60.4 Å². The molecule has 0 saturated carbocycles. The average molecular weight is 582 g/mol. The molecule has 2 saturated heterocycles. The molecule has 2 fully saturated rings. The molecular weight excluding hydrogens is 551 g/mol. The molecule has 1 aromatic heterocycles. The number of benzene rings is 2. The monoisotopic (exact) mass is 581 g/mol. The number of thioether (sulfide) groups is 1. The van der Waals surface area contributed by atoms with Gasteiger partial charge in [0.15, 0.2) is 17.5 Å². The summed E-state index contributed by atoms with van der Waals surface area (Å²) in [4.78, 5) is 0. The van der Waals surface area contributed by atoms with Crippen molar-refractivity contribution in [2.75, 3.05) is 19.8 Å². The maximum atomic E-state index is 13.8. The highest BCUT2D eigenvalue weighted by molar-refractivity contribution is 8.00. The smallest absolute Gasteiger partial charge is 0.194 e. The molecule has 216 valence electrons. The molecule has 3 heterocycles. The molecule has 5 rings (SSSR count). The second kappa shape index (κ2) is 11.8. The van der Waals surface area contributed by atoms with Crippen LogP contribution in [-0.2, 0) is 9.47 Å². The van der Waals surface area contributed by atoms with Crippen molar-refractivity contribution in [3.05, 3.63) is 71.2 Å². The van der Waals surface area contributed by atoms with E-state index in [2.05, 4.69) is 10.3 Å². The molecule has 3 aromatic rings. The lowest BCUT2D eigenvalue weighted by Gasteiger charge is -2.45. The SMILES string of the molecule is Cc1ccccc1C(S[C@@H]1O[C@H](CO)[C@H](O)[C@H](n2cc(-c3cc(F)c(F)c(F)c3)nn2)[C@H]1O)C1(O)CCOCC1. The topological polar surface area (TPSA) is 130 Å². The Balaban J connectivity index is 1.47.